The number of halogens is 1. The van der Waals surface area contributed by atoms with Crippen LogP contribution in [-0.4, -0.2) is 61.8 Å². The van der Waals surface area contributed by atoms with E-state index in [2.05, 4.69) is 0 Å². The smallest absolute Gasteiger partial charge is 0.413 e. The van der Waals surface area contributed by atoms with E-state index in [0.717, 1.165) is 25.3 Å². The van der Waals surface area contributed by atoms with Gasteiger partial charge in [0.15, 0.2) is 5.82 Å². The number of nitrogens with zero attached hydrogens (tertiary/aromatic N) is 2. The third-order valence-electron chi connectivity index (χ3n) is 7.02. The van der Waals surface area contributed by atoms with Gasteiger partial charge in [-0.2, -0.15) is 8.42 Å². The number of hydrogen-bond acceptors (Lipinski definition) is 8. The second kappa shape index (κ2) is 10.8. The van der Waals surface area contributed by atoms with Gasteiger partial charge in [-0.05, 0) is 36.5 Å². The number of benzene rings is 1. The number of hydrogen-bond donors (Lipinski definition) is 2. The number of anilines is 1. The van der Waals surface area contributed by atoms with Crippen molar-refractivity contribution in [2.24, 2.45) is 11.8 Å². The molecule has 2 heterocycles. The first-order valence-corrected chi connectivity index (χ1v) is 14.0. The number of carbonyl (C=O) groups is 3. The predicted octanol–water partition coefficient (Wildman–Crippen LogP) is 3.04. The standard InChI is InChI=1S/C25H32FN3O8S/c1-14(2)24(36-15(3)30)37-25(33)28-12-17(11-18(28)8-7-16-5-4-6-16)19-9-10-20(31)23(22(19)26)29-13-21(32)27-38(29,34)35/h9-11,14,16,18,24,31H,4-8,12-13H2,1-3H3,(H,27,32)/t18-,24?/m1/s1. The monoisotopic (exact) mass is 553 g/mol. The highest BCUT2D eigenvalue weighted by molar-refractivity contribution is 7.92. The van der Waals surface area contributed by atoms with Gasteiger partial charge in [0.25, 0.3) is 12.2 Å². The molecule has 0 bridgehead atoms. The highest BCUT2D eigenvalue weighted by Crippen LogP contribution is 2.40. The third-order valence-corrected chi connectivity index (χ3v) is 8.40. The molecule has 2 N–H and O–H groups in total. The molecule has 1 aliphatic carbocycles. The van der Waals surface area contributed by atoms with Gasteiger partial charge < -0.3 is 14.6 Å². The Morgan fingerprint density at radius 1 is 1.18 bits per heavy atom. The van der Waals surface area contributed by atoms with Crippen molar-refractivity contribution in [1.82, 2.24) is 9.62 Å². The van der Waals surface area contributed by atoms with Crippen molar-refractivity contribution in [2.45, 2.75) is 65.2 Å². The van der Waals surface area contributed by atoms with E-state index in [0.29, 0.717) is 22.2 Å². The summed E-state index contributed by atoms with van der Waals surface area (Å²) in [5, 5.41) is 10.3. The Kier molecular flexibility index (Phi) is 7.86. The van der Waals surface area contributed by atoms with Gasteiger partial charge in [0.1, 0.15) is 18.0 Å². The zero-order valence-electron chi connectivity index (χ0n) is 21.5. The van der Waals surface area contributed by atoms with Gasteiger partial charge in [0, 0.05) is 18.4 Å². The number of rotatable bonds is 8. The SMILES string of the molecule is CC(=O)OC(OC(=O)N1CC(c2ccc(O)c(N3CC(=O)NS3(=O)=O)c2F)=C[C@H]1CCC1CCC1)C(C)C. The van der Waals surface area contributed by atoms with E-state index in [4.69, 9.17) is 9.47 Å². The van der Waals surface area contributed by atoms with Crippen LogP contribution >= 0.6 is 0 Å². The second-order valence-electron chi connectivity index (χ2n) is 10.2. The topological polar surface area (TPSA) is 143 Å². The summed E-state index contributed by atoms with van der Waals surface area (Å²) in [4.78, 5) is 37.8. The molecule has 0 aromatic heterocycles. The maximum atomic E-state index is 15.8. The van der Waals surface area contributed by atoms with Crippen LogP contribution in [0.25, 0.3) is 5.57 Å². The molecule has 1 aromatic carbocycles. The fourth-order valence-corrected chi connectivity index (χ4v) is 5.95. The first-order valence-electron chi connectivity index (χ1n) is 12.6. The summed E-state index contributed by atoms with van der Waals surface area (Å²) in [6, 6.07) is 2.01. The van der Waals surface area contributed by atoms with E-state index in [1.165, 1.54) is 24.3 Å². The molecule has 0 spiro atoms. The molecular weight excluding hydrogens is 521 g/mol. The first-order chi connectivity index (χ1) is 17.9. The Labute approximate surface area is 220 Å². The molecule has 3 aliphatic rings. The number of amides is 2. The Morgan fingerprint density at radius 3 is 2.45 bits per heavy atom. The van der Waals surface area contributed by atoms with E-state index in [1.54, 1.807) is 24.6 Å². The van der Waals surface area contributed by atoms with Crippen molar-refractivity contribution in [3.05, 3.63) is 29.6 Å². The predicted molar refractivity (Wildman–Crippen MR) is 134 cm³/mol. The van der Waals surface area contributed by atoms with Crippen molar-refractivity contribution in [3.8, 4) is 5.75 Å². The van der Waals surface area contributed by atoms with Crippen molar-refractivity contribution < 1.29 is 41.8 Å². The quantitative estimate of drug-likeness (QED) is 0.370. The normalized spacial score (nSPS) is 21.7. The highest BCUT2D eigenvalue weighted by Gasteiger charge is 2.40. The van der Waals surface area contributed by atoms with Crippen molar-refractivity contribution >= 4 is 39.4 Å². The summed E-state index contributed by atoms with van der Waals surface area (Å²) in [5.74, 6) is -2.89. The number of carbonyl (C=O) groups excluding carboxylic acids is 3. The van der Waals surface area contributed by atoms with E-state index in [1.807, 2.05) is 0 Å². The zero-order chi connectivity index (χ0) is 27.8. The van der Waals surface area contributed by atoms with Gasteiger partial charge >= 0.3 is 22.3 Å². The minimum absolute atomic E-state index is 0.0170. The highest BCUT2D eigenvalue weighted by atomic mass is 32.2. The van der Waals surface area contributed by atoms with Crippen LogP contribution in [0, 0.1) is 17.7 Å². The number of aromatic hydroxyl groups is 1. The number of phenolic OH excluding ortho intramolecular Hbond substituents is 1. The summed E-state index contributed by atoms with van der Waals surface area (Å²) >= 11 is 0. The van der Waals surface area contributed by atoms with E-state index < -0.39 is 64.3 Å². The van der Waals surface area contributed by atoms with Crippen molar-refractivity contribution in [3.63, 3.8) is 0 Å². The van der Waals surface area contributed by atoms with Crippen LogP contribution in [0.4, 0.5) is 14.9 Å². The maximum absolute atomic E-state index is 15.8. The summed E-state index contributed by atoms with van der Waals surface area (Å²) < 4.78 is 53.3. The summed E-state index contributed by atoms with van der Waals surface area (Å²) in [5.41, 5.74) is -0.274. The van der Waals surface area contributed by atoms with E-state index in [9.17, 15) is 27.9 Å². The minimum atomic E-state index is -4.37. The second-order valence-corrected chi connectivity index (χ2v) is 11.8. The lowest BCUT2D eigenvalue weighted by Gasteiger charge is -2.30. The average molecular weight is 554 g/mol. The van der Waals surface area contributed by atoms with Crippen molar-refractivity contribution in [1.29, 1.82) is 0 Å². The van der Waals surface area contributed by atoms with E-state index in [-0.39, 0.29) is 18.0 Å². The third kappa shape index (κ3) is 5.71. The minimum Gasteiger partial charge on any atom is -0.506 e. The molecule has 38 heavy (non-hydrogen) atoms. The van der Waals surface area contributed by atoms with Gasteiger partial charge in [0.2, 0.25) is 0 Å². The van der Waals surface area contributed by atoms with Crippen molar-refractivity contribution in [2.75, 3.05) is 17.4 Å². The number of esters is 1. The van der Waals surface area contributed by atoms with Gasteiger partial charge in [-0.15, -0.1) is 0 Å². The largest absolute Gasteiger partial charge is 0.506 e. The number of nitrogens with one attached hydrogen (secondary N) is 1. The van der Waals surface area contributed by atoms with Crippen LogP contribution in [-0.2, 0) is 29.3 Å². The van der Waals surface area contributed by atoms with Gasteiger partial charge in [-0.3, -0.25) is 14.5 Å². The van der Waals surface area contributed by atoms with Crippen LogP contribution in [0.2, 0.25) is 0 Å². The zero-order valence-corrected chi connectivity index (χ0v) is 22.3. The van der Waals surface area contributed by atoms with Gasteiger partial charge in [-0.1, -0.05) is 39.2 Å². The van der Waals surface area contributed by atoms with Crippen LogP contribution < -0.4 is 9.03 Å². The lowest BCUT2D eigenvalue weighted by atomic mass is 9.81. The Bertz CT molecular complexity index is 1260. The fourth-order valence-electron chi connectivity index (χ4n) is 4.79. The Morgan fingerprint density at radius 2 is 1.89 bits per heavy atom. The molecule has 2 amide bonds. The van der Waals surface area contributed by atoms with Crippen LogP contribution in [0.5, 0.6) is 5.75 Å². The molecule has 4 rings (SSSR count). The fraction of sp³-hybridized carbons (Fsp3) is 0.560. The van der Waals surface area contributed by atoms with Gasteiger partial charge in [0.05, 0.1) is 12.6 Å². The average Bonchev–Trinajstić information content (AvgIpc) is 3.31. The first kappa shape index (κ1) is 27.7. The molecule has 1 unspecified atom stereocenters. The maximum Gasteiger partial charge on any atom is 0.413 e. The molecule has 11 nitrogen and oxygen atoms in total. The summed E-state index contributed by atoms with van der Waals surface area (Å²) in [6.07, 6.45) is 4.76. The number of ether oxygens (including phenoxy) is 2. The van der Waals surface area contributed by atoms with Gasteiger partial charge in [-0.25, -0.2) is 18.2 Å². The van der Waals surface area contributed by atoms with E-state index >= 15 is 4.39 Å². The molecule has 0 radical (unpaired) electrons. The molecule has 1 saturated heterocycles. The molecule has 2 atom stereocenters. The summed E-state index contributed by atoms with van der Waals surface area (Å²) in [6.45, 7) is 3.97. The molecule has 208 valence electrons. The Hall–Kier alpha value is -3.35. The van der Waals surface area contributed by atoms with Crippen LogP contribution in [0.15, 0.2) is 18.2 Å². The molecular formula is C25H32FN3O8S. The molecule has 2 fully saturated rings. The Balaban J connectivity index is 1.63. The molecule has 13 heteroatoms. The van der Waals surface area contributed by atoms with Crippen LogP contribution in [0.3, 0.4) is 0 Å². The molecule has 1 saturated carbocycles. The molecule has 1 aromatic rings. The molecule has 2 aliphatic heterocycles. The number of phenols is 1. The van der Waals surface area contributed by atoms with Crippen LogP contribution in [0.1, 0.15) is 58.4 Å². The lowest BCUT2D eigenvalue weighted by Crippen LogP contribution is -2.41. The summed E-state index contributed by atoms with van der Waals surface area (Å²) in [7, 11) is -4.37. The lowest BCUT2D eigenvalue weighted by molar-refractivity contribution is -0.174.